The molecular formula is C12H10F2N2O2. The highest BCUT2D eigenvalue weighted by Gasteiger charge is 2.13. The molecule has 1 aromatic carbocycles. The first-order valence-corrected chi connectivity index (χ1v) is 5.27. The first-order chi connectivity index (χ1) is 8.58. The second-order valence-electron chi connectivity index (χ2n) is 3.79. The maximum Gasteiger partial charge on any atom is 0.303 e. The average Bonchev–Trinajstić information content (AvgIpc) is 2.77. The predicted octanol–water partition coefficient (Wildman–Crippen LogP) is 2.37. The number of halogens is 2. The highest BCUT2D eigenvalue weighted by Crippen LogP contribution is 2.25. The Balaban J connectivity index is 2.36. The number of nitrogens with one attached hydrogen (secondary N) is 1. The van der Waals surface area contributed by atoms with Gasteiger partial charge in [-0.3, -0.25) is 9.89 Å². The fraction of sp³-hybridized carbons (Fsp3) is 0.167. The van der Waals surface area contributed by atoms with Gasteiger partial charge in [-0.05, 0) is 30.2 Å². The van der Waals surface area contributed by atoms with Crippen molar-refractivity contribution in [2.75, 3.05) is 0 Å². The molecule has 4 nitrogen and oxygen atoms in total. The molecule has 1 aromatic heterocycles. The summed E-state index contributed by atoms with van der Waals surface area (Å²) in [5.74, 6) is -2.11. The summed E-state index contributed by atoms with van der Waals surface area (Å²) in [6, 6.07) is 3.09. The van der Waals surface area contributed by atoms with Crippen LogP contribution >= 0.6 is 0 Å². The van der Waals surface area contributed by atoms with Gasteiger partial charge in [-0.2, -0.15) is 5.10 Å². The topological polar surface area (TPSA) is 66.0 Å². The van der Waals surface area contributed by atoms with E-state index in [4.69, 9.17) is 5.11 Å². The third-order valence-electron chi connectivity index (χ3n) is 2.52. The Hall–Kier alpha value is -2.24. The van der Waals surface area contributed by atoms with Crippen LogP contribution in [0.15, 0.2) is 24.4 Å². The van der Waals surface area contributed by atoms with E-state index >= 15 is 0 Å². The summed E-state index contributed by atoms with van der Waals surface area (Å²) < 4.78 is 26.7. The standard InChI is InChI=1S/C12H10F2N2O2/c13-8-2-3-10(14)9(5-8)12-7(6-15-16-12)1-4-11(17)18/h2-3,5-6H,1,4H2,(H,15,16)(H,17,18). The number of nitrogens with zero attached hydrogens (tertiary/aromatic N) is 1. The van der Waals surface area contributed by atoms with Crippen LogP contribution in [0.2, 0.25) is 0 Å². The Bertz CT molecular complexity index is 581. The van der Waals surface area contributed by atoms with Crippen molar-refractivity contribution >= 4 is 5.97 Å². The maximum atomic E-state index is 13.6. The molecule has 0 saturated carbocycles. The Morgan fingerprint density at radius 2 is 2.17 bits per heavy atom. The van der Waals surface area contributed by atoms with Gasteiger partial charge in [0.25, 0.3) is 0 Å². The van der Waals surface area contributed by atoms with Crippen LogP contribution in [-0.4, -0.2) is 21.3 Å². The zero-order chi connectivity index (χ0) is 13.1. The van der Waals surface area contributed by atoms with Gasteiger partial charge in [0.1, 0.15) is 11.6 Å². The van der Waals surface area contributed by atoms with E-state index in [-0.39, 0.29) is 18.4 Å². The van der Waals surface area contributed by atoms with Gasteiger partial charge in [0, 0.05) is 12.0 Å². The van der Waals surface area contributed by atoms with E-state index in [1.54, 1.807) is 0 Å². The minimum atomic E-state index is -0.957. The molecule has 0 aliphatic heterocycles. The number of aromatic amines is 1. The molecule has 1 heterocycles. The Kier molecular flexibility index (Phi) is 3.36. The van der Waals surface area contributed by atoms with Crippen molar-refractivity contribution in [1.82, 2.24) is 10.2 Å². The molecule has 2 rings (SSSR count). The summed E-state index contributed by atoms with van der Waals surface area (Å²) in [6.07, 6.45) is 1.53. The number of aliphatic carboxylic acids is 1. The number of carbonyl (C=O) groups is 1. The number of rotatable bonds is 4. The summed E-state index contributed by atoms with van der Waals surface area (Å²) >= 11 is 0. The molecule has 94 valence electrons. The van der Waals surface area contributed by atoms with E-state index in [0.717, 1.165) is 18.2 Å². The van der Waals surface area contributed by atoms with Gasteiger partial charge < -0.3 is 5.11 Å². The van der Waals surface area contributed by atoms with Crippen LogP contribution in [0.1, 0.15) is 12.0 Å². The quantitative estimate of drug-likeness (QED) is 0.877. The van der Waals surface area contributed by atoms with Crippen molar-refractivity contribution in [2.24, 2.45) is 0 Å². The zero-order valence-corrected chi connectivity index (χ0v) is 9.28. The molecular weight excluding hydrogens is 242 g/mol. The lowest BCUT2D eigenvalue weighted by Crippen LogP contribution is -1.98. The molecule has 0 atom stereocenters. The number of benzene rings is 1. The smallest absolute Gasteiger partial charge is 0.303 e. The van der Waals surface area contributed by atoms with Gasteiger partial charge in [0.05, 0.1) is 11.9 Å². The van der Waals surface area contributed by atoms with Crippen LogP contribution in [0.3, 0.4) is 0 Å². The van der Waals surface area contributed by atoms with Crippen molar-refractivity contribution in [1.29, 1.82) is 0 Å². The molecule has 2 aromatic rings. The normalized spacial score (nSPS) is 10.6. The molecule has 0 saturated heterocycles. The molecule has 18 heavy (non-hydrogen) atoms. The largest absolute Gasteiger partial charge is 0.481 e. The average molecular weight is 252 g/mol. The maximum absolute atomic E-state index is 13.6. The van der Waals surface area contributed by atoms with Crippen molar-refractivity contribution in [3.63, 3.8) is 0 Å². The van der Waals surface area contributed by atoms with Crippen molar-refractivity contribution < 1.29 is 18.7 Å². The molecule has 2 N–H and O–H groups in total. The highest BCUT2D eigenvalue weighted by atomic mass is 19.1. The molecule has 0 bridgehead atoms. The van der Waals surface area contributed by atoms with E-state index in [0.29, 0.717) is 11.3 Å². The summed E-state index contributed by atoms with van der Waals surface area (Å²) in [5.41, 5.74) is 0.906. The van der Waals surface area contributed by atoms with Gasteiger partial charge in [0.2, 0.25) is 0 Å². The van der Waals surface area contributed by atoms with Crippen molar-refractivity contribution in [3.05, 3.63) is 41.6 Å². The number of aromatic nitrogens is 2. The van der Waals surface area contributed by atoms with Crippen LogP contribution in [0.4, 0.5) is 8.78 Å². The Labute approximate surface area is 101 Å². The molecule has 0 unspecified atom stereocenters. The molecule has 0 spiro atoms. The number of H-pyrrole nitrogens is 1. The van der Waals surface area contributed by atoms with Gasteiger partial charge in [-0.15, -0.1) is 0 Å². The minimum absolute atomic E-state index is 0.0490. The number of aryl methyl sites for hydroxylation is 1. The second kappa shape index (κ2) is 4.95. The monoisotopic (exact) mass is 252 g/mol. The number of hydrogen-bond acceptors (Lipinski definition) is 2. The van der Waals surface area contributed by atoms with Crippen LogP contribution in [-0.2, 0) is 11.2 Å². The van der Waals surface area contributed by atoms with Gasteiger partial charge in [-0.1, -0.05) is 0 Å². The molecule has 0 aliphatic carbocycles. The zero-order valence-electron chi connectivity index (χ0n) is 9.28. The van der Waals surface area contributed by atoms with Crippen LogP contribution in [0.5, 0.6) is 0 Å². The van der Waals surface area contributed by atoms with Crippen LogP contribution < -0.4 is 0 Å². The second-order valence-corrected chi connectivity index (χ2v) is 3.79. The summed E-state index contributed by atoms with van der Waals surface area (Å²) in [6.45, 7) is 0. The highest BCUT2D eigenvalue weighted by molar-refractivity contribution is 5.69. The number of carboxylic acids is 1. The van der Waals surface area contributed by atoms with Crippen LogP contribution in [0.25, 0.3) is 11.3 Å². The van der Waals surface area contributed by atoms with E-state index < -0.39 is 17.6 Å². The molecule has 6 heteroatoms. The first-order valence-electron chi connectivity index (χ1n) is 5.27. The van der Waals surface area contributed by atoms with E-state index in [9.17, 15) is 13.6 Å². The lowest BCUT2D eigenvalue weighted by molar-refractivity contribution is -0.136. The van der Waals surface area contributed by atoms with Gasteiger partial charge >= 0.3 is 5.97 Å². The summed E-state index contributed by atoms with van der Waals surface area (Å²) in [4.78, 5) is 10.5. The molecule has 0 fully saturated rings. The van der Waals surface area contributed by atoms with E-state index in [1.165, 1.54) is 6.20 Å². The Morgan fingerprint density at radius 3 is 2.89 bits per heavy atom. The van der Waals surface area contributed by atoms with Crippen LogP contribution in [0, 0.1) is 11.6 Å². The first kappa shape index (κ1) is 12.2. The minimum Gasteiger partial charge on any atom is -0.481 e. The third kappa shape index (κ3) is 2.53. The fourth-order valence-electron chi connectivity index (χ4n) is 1.66. The summed E-state index contributed by atoms with van der Waals surface area (Å²) in [7, 11) is 0. The lowest BCUT2D eigenvalue weighted by Gasteiger charge is -2.04. The van der Waals surface area contributed by atoms with Gasteiger partial charge in [0.15, 0.2) is 0 Å². The summed E-state index contributed by atoms with van der Waals surface area (Å²) in [5, 5.41) is 14.9. The van der Waals surface area contributed by atoms with Crippen molar-refractivity contribution in [3.8, 4) is 11.3 Å². The molecule has 0 amide bonds. The van der Waals surface area contributed by atoms with Crippen molar-refractivity contribution in [2.45, 2.75) is 12.8 Å². The fourth-order valence-corrected chi connectivity index (χ4v) is 1.66. The third-order valence-corrected chi connectivity index (χ3v) is 2.52. The Morgan fingerprint density at radius 1 is 1.39 bits per heavy atom. The van der Waals surface area contributed by atoms with E-state index in [2.05, 4.69) is 10.2 Å². The van der Waals surface area contributed by atoms with Gasteiger partial charge in [-0.25, -0.2) is 8.78 Å². The molecule has 0 aliphatic rings. The lowest BCUT2D eigenvalue weighted by atomic mass is 10.0. The van der Waals surface area contributed by atoms with E-state index in [1.807, 2.05) is 0 Å². The SMILES string of the molecule is O=C(O)CCc1cn[nH]c1-c1cc(F)ccc1F. The predicted molar refractivity (Wildman–Crippen MR) is 59.9 cm³/mol. The number of hydrogen-bond donors (Lipinski definition) is 2. The molecule has 0 radical (unpaired) electrons. The number of carboxylic acid groups (broad SMARTS) is 1.